The highest BCUT2D eigenvalue weighted by atomic mass is 15.0. The molecule has 0 spiro atoms. The average molecular weight is 878 g/mol. The zero-order valence-electron chi connectivity index (χ0n) is 37.7. The van der Waals surface area contributed by atoms with Crippen LogP contribution in [0.3, 0.4) is 0 Å². The minimum absolute atomic E-state index is 0.502. The van der Waals surface area contributed by atoms with E-state index in [1.807, 2.05) is 24.3 Å². The second-order valence-electron chi connectivity index (χ2n) is 17.9. The van der Waals surface area contributed by atoms with Gasteiger partial charge in [0.1, 0.15) is 0 Å². The molecule has 1 aliphatic carbocycles. The molecular weight excluding hydrogens is 835 g/mol. The number of nitrogens with zero attached hydrogens (tertiary/aromatic N) is 3. The lowest BCUT2D eigenvalue weighted by molar-refractivity contribution is 0.769. The monoisotopic (exact) mass is 877 g/mol. The van der Waals surface area contributed by atoms with E-state index in [0.717, 1.165) is 38.9 Å². The van der Waals surface area contributed by atoms with Gasteiger partial charge in [-0.15, -0.1) is 0 Å². The Morgan fingerprint density at radius 2 is 0.725 bits per heavy atom. The lowest BCUT2D eigenvalue weighted by Gasteiger charge is -2.34. The van der Waals surface area contributed by atoms with Crippen molar-refractivity contribution in [3.8, 4) is 78.7 Å². The van der Waals surface area contributed by atoms with Gasteiger partial charge in [0.15, 0.2) is 17.5 Å². The number of rotatable bonds is 8. The maximum Gasteiger partial charge on any atom is 0.164 e. The fraction of sp³-hybridized carbons (Fsp3) is 0.0152. The molecule has 3 nitrogen and oxygen atoms in total. The number of aromatic nitrogens is 3. The highest BCUT2D eigenvalue weighted by Gasteiger charge is 2.46. The van der Waals surface area contributed by atoms with Gasteiger partial charge >= 0.3 is 0 Å². The van der Waals surface area contributed by atoms with Gasteiger partial charge in [-0.05, 0) is 94.4 Å². The third-order valence-corrected chi connectivity index (χ3v) is 14.0. The zero-order valence-corrected chi connectivity index (χ0v) is 37.7. The molecule has 0 fully saturated rings. The first kappa shape index (κ1) is 40.2. The van der Waals surface area contributed by atoms with Gasteiger partial charge in [-0.25, -0.2) is 15.0 Å². The molecule has 322 valence electrons. The molecule has 0 aliphatic heterocycles. The summed E-state index contributed by atoms with van der Waals surface area (Å²) in [6, 6.07) is 93.9. The van der Waals surface area contributed by atoms with Crippen LogP contribution in [0.2, 0.25) is 0 Å². The maximum atomic E-state index is 5.14. The Morgan fingerprint density at radius 1 is 0.246 bits per heavy atom. The van der Waals surface area contributed by atoms with Gasteiger partial charge in [-0.1, -0.05) is 255 Å². The van der Waals surface area contributed by atoms with Gasteiger partial charge in [-0.3, -0.25) is 0 Å². The van der Waals surface area contributed by atoms with Crippen LogP contribution in [0.1, 0.15) is 22.3 Å². The molecule has 69 heavy (non-hydrogen) atoms. The molecule has 1 unspecified atom stereocenters. The van der Waals surface area contributed by atoms with E-state index >= 15 is 0 Å². The van der Waals surface area contributed by atoms with E-state index in [0.29, 0.717) is 17.5 Å². The molecule has 13 rings (SSSR count). The van der Waals surface area contributed by atoms with Crippen LogP contribution in [0.5, 0.6) is 0 Å². The minimum Gasteiger partial charge on any atom is -0.208 e. The lowest BCUT2D eigenvalue weighted by Crippen LogP contribution is -2.28. The molecule has 11 aromatic carbocycles. The first-order chi connectivity index (χ1) is 34.2. The molecule has 0 N–H and O–H groups in total. The van der Waals surface area contributed by atoms with Crippen LogP contribution in [-0.4, -0.2) is 15.0 Å². The summed E-state index contributed by atoms with van der Waals surface area (Å²) in [5.74, 6) is 1.89. The maximum absolute atomic E-state index is 5.14. The molecule has 3 heteroatoms. The molecule has 1 heterocycles. The summed E-state index contributed by atoms with van der Waals surface area (Å²) >= 11 is 0. The smallest absolute Gasteiger partial charge is 0.164 e. The molecule has 0 amide bonds. The van der Waals surface area contributed by atoms with Crippen molar-refractivity contribution in [2.24, 2.45) is 0 Å². The molecular formula is C66H43N3. The Bertz CT molecular complexity index is 3870. The second kappa shape index (κ2) is 16.7. The normalized spacial score (nSPS) is 13.9. The molecule has 0 radical (unpaired) electrons. The van der Waals surface area contributed by atoms with Crippen molar-refractivity contribution in [1.29, 1.82) is 0 Å². The quantitative estimate of drug-likeness (QED) is 0.153. The molecule has 12 aromatic rings. The van der Waals surface area contributed by atoms with Crippen molar-refractivity contribution in [2.45, 2.75) is 5.41 Å². The second-order valence-corrected chi connectivity index (χ2v) is 17.9. The predicted octanol–water partition coefficient (Wildman–Crippen LogP) is 16.5. The van der Waals surface area contributed by atoms with E-state index in [-0.39, 0.29) is 0 Å². The van der Waals surface area contributed by atoms with Gasteiger partial charge in [0, 0.05) is 16.7 Å². The summed E-state index contributed by atoms with van der Waals surface area (Å²) in [6.07, 6.45) is 0. The Morgan fingerprint density at radius 3 is 1.42 bits per heavy atom. The highest BCUT2D eigenvalue weighted by molar-refractivity contribution is 6.06. The largest absolute Gasteiger partial charge is 0.208 e. The predicted molar refractivity (Wildman–Crippen MR) is 285 cm³/mol. The van der Waals surface area contributed by atoms with E-state index in [4.69, 9.17) is 15.0 Å². The van der Waals surface area contributed by atoms with Crippen LogP contribution < -0.4 is 0 Å². The number of hydrogen-bond acceptors (Lipinski definition) is 3. The van der Waals surface area contributed by atoms with Crippen LogP contribution in [0.25, 0.3) is 100 Å². The number of hydrogen-bond donors (Lipinski definition) is 0. The summed E-state index contributed by atoms with van der Waals surface area (Å²) < 4.78 is 0. The summed E-state index contributed by atoms with van der Waals surface area (Å²) in [6.45, 7) is 0. The standard InChI is InChI=1S/C66H43N3/c1-4-17-44(18-5-1)51-23-16-24-52(43-51)65-68-63(49-21-6-2-7-22-49)67-64(69-65)50-33-31-48(32-34-50)61-55-27-12-10-19-45(55)37-41-57(61)47-35-39-54(40-36-47)66(53-25-8-3-9-26-53)59-30-15-14-29-58(59)62-56-28-13-11-20-46(56)38-42-60(62)66/h1-43H. The van der Waals surface area contributed by atoms with Crippen molar-refractivity contribution in [2.75, 3.05) is 0 Å². The molecule has 0 bridgehead atoms. The van der Waals surface area contributed by atoms with Crippen LogP contribution in [-0.2, 0) is 5.41 Å². The van der Waals surface area contributed by atoms with Gasteiger partial charge in [0.25, 0.3) is 0 Å². The van der Waals surface area contributed by atoms with E-state index in [1.165, 1.54) is 66.1 Å². The van der Waals surface area contributed by atoms with Gasteiger partial charge < -0.3 is 0 Å². The van der Waals surface area contributed by atoms with Crippen molar-refractivity contribution < 1.29 is 0 Å². The zero-order chi connectivity index (χ0) is 45.7. The summed E-state index contributed by atoms with van der Waals surface area (Å²) in [5.41, 5.74) is 16.9. The van der Waals surface area contributed by atoms with Crippen molar-refractivity contribution >= 4 is 21.5 Å². The van der Waals surface area contributed by atoms with Crippen molar-refractivity contribution in [3.63, 3.8) is 0 Å². The van der Waals surface area contributed by atoms with E-state index < -0.39 is 5.41 Å². The molecule has 1 aromatic heterocycles. The summed E-state index contributed by atoms with van der Waals surface area (Å²) in [4.78, 5) is 15.3. The van der Waals surface area contributed by atoms with E-state index in [1.54, 1.807) is 0 Å². The Labute approximate surface area is 401 Å². The van der Waals surface area contributed by atoms with Crippen LogP contribution >= 0.6 is 0 Å². The lowest BCUT2D eigenvalue weighted by atomic mass is 9.67. The molecule has 0 saturated heterocycles. The fourth-order valence-corrected chi connectivity index (χ4v) is 10.9. The topological polar surface area (TPSA) is 38.7 Å². The van der Waals surface area contributed by atoms with Gasteiger partial charge in [-0.2, -0.15) is 0 Å². The minimum atomic E-state index is -0.502. The SMILES string of the molecule is c1ccc(-c2cccc(-c3nc(-c4ccccc4)nc(-c4ccc(-c5c(-c6ccc(C7(c8ccccc8)c8ccccc8-c8c7ccc7ccccc87)cc6)ccc6ccccc56)cc4)n3)c2)cc1. The summed E-state index contributed by atoms with van der Waals surface area (Å²) in [7, 11) is 0. The average Bonchev–Trinajstić information content (AvgIpc) is 3.75. The Balaban J connectivity index is 0.927. The highest BCUT2D eigenvalue weighted by Crippen LogP contribution is 2.58. The van der Waals surface area contributed by atoms with Crippen molar-refractivity contribution in [3.05, 3.63) is 283 Å². The Kier molecular flexibility index (Phi) is 9.73. The third kappa shape index (κ3) is 6.78. The van der Waals surface area contributed by atoms with Crippen LogP contribution in [0.4, 0.5) is 0 Å². The van der Waals surface area contributed by atoms with Crippen molar-refractivity contribution in [1.82, 2.24) is 15.0 Å². The first-order valence-electron chi connectivity index (χ1n) is 23.6. The summed E-state index contributed by atoms with van der Waals surface area (Å²) in [5, 5.41) is 4.93. The van der Waals surface area contributed by atoms with Crippen LogP contribution in [0.15, 0.2) is 261 Å². The third-order valence-electron chi connectivity index (χ3n) is 14.0. The van der Waals surface area contributed by atoms with E-state index in [9.17, 15) is 0 Å². The Hall–Kier alpha value is -9.05. The molecule has 0 saturated carbocycles. The molecule has 1 aliphatic rings. The molecule has 1 atom stereocenters. The fourth-order valence-electron chi connectivity index (χ4n) is 10.9. The van der Waals surface area contributed by atoms with Crippen LogP contribution in [0, 0.1) is 0 Å². The van der Waals surface area contributed by atoms with E-state index in [2.05, 4.69) is 237 Å². The van der Waals surface area contributed by atoms with Gasteiger partial charge in [0.05, 0.1) is 5.41 Å². The first-order valence-corrected chi connectivity index (χ1v) is 23.6. The number of fused-ring (bicyclic) bond motifs is 6. The number of benzene rings is 11. The van der Waals surface area contributed by atoms with Gasteiger partial charge in [0.2, 0.25) is 0 Å².